The normalized spacial score (nSPS) is 25.9. The highest BCUT2D eigenvalue weighted by Gasteiger charge is 2.25. The fourth-order valence-electron chi connectivity index (χ4n) is 2.99. The van der Waals surface area contributed by atoms with Gasteiger partial charge in [0.15, 0.2) is 0 Å². The highest BCUT2D eigenvalue weighted by molar-refractivity contribution is 5.13. The lowest BCUT2D eigenvalue weighted by Crippen LogP contribution is -2.19. The molecule has 88 valence electrons. The van der Waals surface area contributed by atoms with Gasteiger partial charge in [-0.3, -0.25) is 0 Å². The van der Waals surface area contributed by atoms with E-state index in [1.807, 2.05) is 0 Å². The summed E-state index contributed by atoms with van der Waals surface area (Å²) in [6.45, 7) is 7.09. The summed E-state index contributed by atoms with van der Waals surface area (Å²) >= 11 is 0. The van der Waals surface area contributed by atoms with E-state index in [9.17, 15) is 0 Å². The predicted octanol–water partition coefficient (Wildman–Crippen LogP) is 2.03. The van der Waals surface area contributed by atoms with Crippen molar-refractivity contribution in [1.29, 1.82) is 0 Å². The van der Waals surface area contributed by atoms with Crippen molar-refractivity contribution >= 4 is 0 Å². The first-order valence-corrected chi connectivity index (χ1v) is 6.65. The van der Waals surface area contributed by atoms with Crippen molar-refractivity contribution in [3.8, 4) is 0 Å². The fraction of sp³-hybridized carbons (Fsp3) is 0.769. The average Bonchev–Trinajstić information content (AvgIpc) is 2.95. The molecule has 2 aliphatic rings. The van der Waals surface area contributed by atoms with Gasteiger partial charge in [0.05, 0.1) is 5.69 Å². The average molecular weight is 219 g/mol. The number of hydrogen-bond acceptors (Lipinski definition) is 2. The van der Waals surface area contributed by atoms with Gasteiger partial charge in [0.1, 0.15) is 5.82 Å². The van der Waals surface area contributed by atoms with Crippen LogP contribution in [-0.4, -0.2) is 34.1 Å². The third-order valence-corrected chi connectivity index (χ3v) is 4.07. The van der Waals surface area contributed by atoms with Gasteiger partial charge in [-0.2, -0.15) is 0 Å². The minimum absolute atomic E-state index is 0.693. The lowest BCUT2D eigenvalue weighted by atomic mass is 10.1. The summed E-state index contributed by atoms with van der Waals surface area (Å²) in [5.41, 5.74) is 1.35. The molecule has 1 aromatic rings. The molecule has 0 bridgehead atoms. The summed E-state index contributed by atoms with van der Waals surface area (Å²) in [5, 5.41) is 0. The number of imidazole rings is 1. The molecule has 3 rings (SSSR count). The minimum atomic E-state index is 0.693. The smallest absolute Gasteiger partial charge is 0.108 e. The second kappa shape index (κ2) is 4.21. The summed E-state index contributed by atoms with van der Waals surface area (Å²) < 4.78 is 2.38. The molecule has 0 aromatic carbocycles. The lowest BCUT2D eigenvalue weighted by Gasteiger charge is -2.12. The Morgan fingerprint density at radius 2 is 2.31 bits per heavy atom. The molecule has 2 aliphatic heterocycles. The number of likely N-dealkylation sites (tertiary alicyclic amines) is 1. The lowest BCUT2D eigenvalue weighted by molar-refractivity contribution is 0.353. The molecule has 3 heterocycles. The number of nitrogens with zero attached hydrogens (tertiary/aromatic N) is 3. The maximum Gasteiger partial charge on any atom is 0.108 e. The maximum atomic E-state index is 4.84. The largest absolute Gasteiger partial charge is 0.335 e. The van der Waals surface area contributed by atoms with E-state index in [0.717, 1.165) is 0 Å². The molecule has 0 amide bonds. The highest BCUT2D eigenvalue weighted by Crippen LogP contribution is 2.27. The molecular formula is C13H21N3. The molecule has 0 saturated carbocycles. The molecule has 1 aromatic heterocycles. The van der Waals surface area contributed by atoms with E-state index in [4.69, 9.17) is 4.98 Å². The van der Waals surface area contributed by atoms with Crippen molar-refractivity contribution in [2.45, 2.75) is 45.1 Å². The standard InChI is InChI=1S/C13H21N3/c1-2-15-8-6-11(9-15)12-10-16-7-4-3-5-13(16)14-12/h10-11H,2-9H2,1H3. The van der Waals surface area contributed by atoms with E-state index in [1.165, 1.54) is 63.4 Å². The third kappa shape index (κ3) is 1.77. The van der Waals surface area contributed by atoms with Crippen LogP contribution in [0.2, 0.25) is 0 Å². The van der Waals surface area contributed by atoms with Gasteiger partial charge in [0, 0.05) is 31.6 Å². The van der Waals surface area contributed by atoms with Crippen LogP contribution in [0.15, 0.2) is 6.20 Å². The minimum Gasteiger partial charge on any atom is -0.335 e. The van der Waals surface area contributed by atoms with Gasteiger partial charge in [-0.1, -0.05) is 6.92 Å². The molecule has 1 unspecified atom stereocenters. The summed E-state index contributed by atoms with van der Waals surface area (Å²) in [5.74, 6) is 2.02. The van der Waals surface area contributed by atoms with Gasteiger partial charge in [0.25, 0.3) is 0 Å². The maximum absolute atomic E-state index is 4.84. The Hall–Kier alpha value is -0.830. The summed E-state index contributed by atoms with van der Waals surface area (Å²) in [6.07, 6.45) is 7.45. The molecule has 0 aliphatic carbocycles. The number of aryl methyl sites for hydroxylation is 2. The van der Waals surface area contributed by atoms with E-state index < -0.39 is 0 Å². The van der Waals surface area contributed by atoms with Crippen LogP contribution in [0.3, 0.4) is 0 Å². The van der Waals surface area contributed by atoms with E-state index in [0.29, 0.717) is 5.92 Å². The Bertz CT molecular complexity index is 346. The number of aromatic nitrogens is 2. The quantitative estimate of drug-likeness (QED) is 0.759. The fourth-order valence-corrected chi connectivity index (χ4v) is 2.99. The van der Waals surface area contributed by atoms with Gasteiger partial charge in [-0.15, -0.1) is 0 Å². The Morgan fingerprint density at radius 1 is 1.38 bits per heavy atom. The van der Waals surface area contributed by atoms with Crippen LogP contribution in [0.1, 0.15) is 43.6 Å². The molecule has 3 nitrogen and oxygen atoms in total. The topological polar surface area (TPSA) is 21.1 Å². The first-order valence-electron chi connectivity index (χ1n) is 6.65. The number of hydrogen-bond donors (Lipinski definition) is 0. The van der Waals surface area contributed by atoms with Crippen molar-refractivity contribution in [3.05, 3.63) is 17.7 Å². The summed E-state index contributed by atoms with van der Waals surface area (Å²) in [6, 6.07) is 0. The third-order valence-electron chi connectivity index (χ3n) is 4.07. The molecule has 0 spiro atoms. The van der Waals surface area contributed by atoms with Gasteiger partial charge in [-0.05, 0) is 32.4 Å². The Morgan fingerprint density at radius 3 is 3.06 bits per heavy atom. The summed E-state index contributed by atoms with van der Waals surface area (Å²) in [7, 11) is 0. The van der Waals surface area contributed by atoms with Crippen molar-refractivity contribution in [2.24, 2.45) is 0 Å². The van der Waals surface area contributed by atoms with E-state index >= 15 is 0 Å². The second-order valence-corrected chi connectivity index (χ2v) is 5.11. The van der Waals surface area contributed by atoms with Crippen LogP contribution in [0, 0.1) is 0 Å². The first-order chi connectivity index (χ1) is 7.86. The van der Waals surface area contributed by atoms with Gasteiger partial charge >= 0.3 is 0 Å². The first kappa shape index (κ1) is 10.3. The monoisotopic (exact) mass is 219 g/mol. The Labute approximate surface area is 97.5 Å². The molecule has 1 atom stereocenters. The zero-order chi connectivity index (χ0) is 11.0. The molecule has 1 saturated heterocycles. The molecule has 0 N–H and O–H groups in total. The number of likely N-dealkylation sites (N-methyl/N-ethyl adjacent to an activating group) is 1. The zero-order valence-corrected chi connectivity index (χ0v) is 10.2. The Kier molecular flexibility index (Phi) is 2.72. The van der Waals surface area contributed by atoms with Crippen molar-refractivity contribution < 1.29 is 0 Å². The van der Waals surface area contributed by atoms with Crippen molar-refractivity contribution in [3.63, 3.8) is 0 Å². The zero-order valence-electron chi connectivity index (χ0n) is 10.2. The van der Waals surface area contributed by atoms with Crippen LogP contribution in [0.4, 0.5) is 0 Å². The molecule has 16 heavy (non-hydrogen) atoms. The molecule has 3 heteroatoms. The predicted molar refractivity (Wildman–Crippen MR) is 64.6 cm³/mol. The van der Waals surface area contributed by atoms with Crippen molar-refractivity contribution in [1.82, 2.24) is 14.5 Å². The van der Waals surface area contributed by atoms with Gasteiger partial charge in [0.2, 0.25) is 0 Å². The molecule has 0 radical (unpaired) electrons. The van der Waals surface area contributed by atoms with Crippen molar-refractivity contribution in [2.75, 3.05) is 19.6 Å². The van der Waals surface area contributed by atoms with E-state index in [2.05, 4.69) is 22.6 Å². The van der Waals surface area contributed by atoms with Gasteiger partial charge in [-0.25, -0.2) is 4.98 Å². The highest BCUT2D eigenvalue weighted by atomic mass is 15.2. The summed E-state index contributed by atoms with van der Waals surface area (Å²) in [4.78, 5) is 7.37. The van der Waals surface area contributed by atoms with Crippen LogP contribution in [0.25, 0.3) is 0 Å². The number of fused-ring (bicyclic) bond motifs is 1. The van der Waals surface area contributed by atoms with Crippen LogP contribution in [0.5, 0.6) is 0 Å². The second-order valence-electron chi connectivity index (χ2n) is 5.11. The van der Waals surface area contributed by atoms with Crippen LogP contribution >= 0.6 is 0 Å². The van der Waals surface area contributed by atoms with Gasteiger partial charge < -0.3 is 9.47 Å². The van der Waals surface area contributed by atoms with Crippen LogP contribution in [-0.2, 0) is 13.0 Å². The van der Waals surface area contributed by atoms with Crippen LogP contribution < -0.4 is 0 Å². The Balaban J connectivity index is 1.77. The van der Waals surface area contributed by atoms with E-state index in [1.54, 1.807) is 0 Å². The SMILES string of the molecule is CCN1CCC(c2cn3c(n2)CCCC3)C1. The molecular weight excluding hydrogens is 198 g/mol. The number of rotatable bonds is 2. The van der Waals surface area contributed by atoms with E-state index in [-0.39, 0.29) is 0 Å². The molecule has 1 fully saturated rings.